The molecular formula is C16H20N6O. The first kappa shape index (κ1) is 14.2. The maximum atomic E-state index is 12.8. The lowest BCUT2D eigenvalue weighted by Gasteiger charge is -2.37. The van der Waals surface area contributed by atoms with Gasteiger partial charge in [-0.2, -0.15) is 15.4 Å². The topological polar surface area (TPSA) is 78.0 Å². The van der Waals surface area contributed by atoms with Crippen molar-refractivity contribution in [3.05, 3.63) is 35.8 Å². The van der Waals surface area contributed by atoms with Gasteiger partial charge in [-0.3, -0.25) is 4.79 Å². The maximum Gasteiger partial charge on any atom is 0.226 e. The Labute approximate surface area is 134 Å². The molecule has 2 aliphatic rings. The number of aryl methyl sites for hydroxylation is 1. The number of aromatic amines is 1. The highest BCUT2D eigenvalue weighted by Gasteiger charge is 2.31. The van der Waals surface area contributed by atoms with Crippen molar-refractivity contribution < 1.29 is 4.79 Å². The first-order valence-electron chi connectivity index (χ1n) is 8.14. The summed E-state index contributed by atoms with van der Waals surface area (Å²) in [5.74, 6) is 1.30. The number of carbonyl (C=O) groups is 1. The van der Waals surface area contributed by atoms with E-state index in [1.807, 2.05) is 29.3 Å². The van der Waals surface area contributed by atoms with E-state index in [1.165, 1.54) is 0 Å². The Balaban J connectivity index is 1.36. The van der Waals surface area contributed by atoms with Crippen LogP contribution in [0.3, 0.4) is 0 Å². The smallest absolute Gasteiger partial charge is 0.226 e. The van der Waals surface area contributed by atoms with E-state index in [1.54, 1.807) is 0 Å². The van der Waals surface area contributed by atoms with E-state index in [0.29, 0.717) is 6.42 Å². The molecule has 2 aromatic heterocycles. The molecule has 1 N–H and O–H groups in total. The fourth-order valence-corrected chi connectivity index (χ4v) is 3.45. The summed E-state index contributed by atoms with van der Waals surface area (Å²) >= 11 is 0. The Hall–Kier alpha value is -2.44. The quantitative estimate of drug-likeness (QED) is 0.881. The van der Waals surface area contributed by atoms with E-state index in [9.17, 15) is 4.79 Å². The standard InChI is InChI=1S/C16H20N6O/c23-16(12-4-5-13-14(11-12)19-20-18-13)22-9-7-21(8-10-22)15-3-1-2-6-17-15/h1-3,6,12H,4-5,7-11H2,(H,18,19,20). The zero-order valence-corrected chi connectivity index (χ0v) is 13.0. The summed E-state index contributed by atoms with van der Waals surface area (Å²) in [5.41, 5.74) is 1.98. The highest BCUT2D eigenvalue weighted by atomic mass is 16.2. The van der Waals surface area contributed by atoms with E-state index in [2.05, 4.69) is 25.3 Å². The van der Waals surface area contributed by atoms with Gasteiger partial charge in [0, 0.05) is 44.7 Å². The Morgan fingerprint density at radius 1 is 1.13 bits per heavy atom. The molecule has 1 amide bonds. The average Bonchev–Trinajstić information content (AvgIpc) is 3.10. The third-order valence-corrected chi connectivity index (χ3v) is 4.79. The molecule has 4 rings (SSSR count). The summed E-state index contributed by atoms with van der Waals surface area (Å²) < 4.78 is 0. The number of fused-ring (bicyclic) bond motifs is 1. The van der Waals surface area contributed by atoms with Gasteiger partial charge in [-0.1, -0.05) is 6.07 Å². The minimum atomic E-state index is 0.0500. The first-order valence-corrected chi connectivity index (χ1v) is 8.14. The minimum Gasteiger partial charge on any atom is -0.353 e. The molecule has 0 aromatic carbocycles. The van der Waals surface area contributed by atoms with Gasteiger partial charge in [-0.25, -0.2) is 4.98 Å². The van der Waals surface area contributed by atoms with Crippen LogP contribution in [0.2, 0.25) is 0 Å². The van der Waals surface area contributed by atoms with Crippen LogP contribution in [0.1, 0.15) is 17.8 Å². The molecule has 2 aromatic rings. The van der Waals surface area contributed by atoms with Crippen molar-refractivity contribution in [3.8, 4) is 0 Å². The van der Waals surface area contributed by atoms with Crippen LogP contribution in [0.4, 0.5) is 5.82 Å². The van der Waals surface area contributed by atoms with Crippen molar-refractivity contribution in [2.24, 2.45) is 5.92 Å². The van der Waals surface area contributed by atoms with Gasteiger partial charge in [0.25, 0.3) is 0 Å². The highest BCUT2D eigenvalue weighted by Crippen LogP contribution is 2.24. The van der Waals surface area contributed by atoms with Crippen LogP contribution in [0.5, 0.6) is 0 Å². The summed E-state index contributed by atoms with van der Waals surface area (Å²) in [5, 5.41) is 11.0. The van der Waals surface area contributed by atoms with E-state index in [0.717, 1.165) is 56.2 Å². The molecule has 0 saturated carbocycles. The summed E-state index contributed by atoms with van der Waals surface area (Å²) in [6, 6.07) is 5.94. The third-order valence-electron chi connectivity index (χ3n) is 4.79. The fraction of sp³-hybridized carbons (Fsp3) is 0.500. The van der Waals surface area contributed by atoms with E-state index < -0.39 is 0 Å². The second-order valence-corrected chi connectivity index (χ2v) is 6.16. The monoisotopic (exact) mass is 312 g/mol. The van der Waals surface area contributed by atoms with Gasteiger partial charge in [0.15, 0.2) is 0 Å². The molecule has 7 nitrogen and oxygen atoms in total. The molecule has 0 radical (unpaired) electrons. The number of piperazine rings is 1. The van der Waals surface area contributed by atoms with Gasteiger partial charge in [-0.15, -0.1) is 0 Å². The molecule has 1 aliphatic heterocycles. The summed E-state index contributed by atoms with van der Waals surface area (Å²) in [6.07, 6.45) is 4.24. The van der Waals surface area contributed by atoms with Crippen molar-refractivity contribution in [1.29, 1.82) is 0 Å². The van der Waals surface area contributed by atoms with Gasteiger partial charge in [0.2, 0.25) is 5.91 Å². The molecule has 120 valence electrons. The molecule has 7 heteroatoms. The van der Waals surface area contributed by atoms with Crippen LogP contribution in [0, 0.1) is 5.92 Å². The van der Waals surface area contributed by atoms with E-state index in [-0.39, 0.29) is 11.8 Å². The summed E-state index contributed by atoms with van der Waals surface area (Å²) in [7, 11) is 0. The number of pyridine rings is 1. The molecule has 1 saturated heterocycles. The SMILES string of the molecule is O=C(C1CCc2n[nH]nc2C1)N1CCN(c2ccccn2)CC1. The number of anilines is 1. The number of hydrogen-bond acceptors (Lipinski definition) is 5. The van der Waals surface area contributed by atoms with Crippen LogP contribution in [-0.2, 0) is 17.6 Å². The lowest BCUT2D eigenvalue weighted by atomic mass is 9.88. The zero-order chi connectivity index (χ0) is 15.6. The van der Waals surface area contributed by atoms with Crippen LogP contribution in [0.25, 0.3) is 0 Å². The van der Waals surface area contributed by atoms with Crippen LogP contribution in [-0.4, -0.2) is 57.4 Å². The number of H-pyrrole nitrogens is 1. The normalized spacial score (nSPS) is 21.1. The molecule has 1 atom stereocenters. The molecule has 3 heterocycles. The molecule has 0 spiro atoms. The van der Waals surface area contributed by atoms with Crippen LogP contribution < -0.4 is 4.90 Å². The molecule has 23 heavy (non-hydrogen) atoms. The fourth-order valence-electron chi connectivity index (χ4n) is 3.45. The van der Waals surface area contributed by atoms with Crippen LogP contribution in [0.15, 0.2) is 24.4 Å². The minimum absolute atomic E-state index is 0.0500. The largest absolute Gasteiger partial charge is 0.353 e. The highest BCUT2D eigenvalue weighted by molar-refractivity contribution is 5.79. The predicted molar refractivity (Wildman–Crippen MR) is 84.9 cm³/mol. The lowest BCUT2D eigenvalue weighted by Crippen LogP contribution is -2.51. The number of nitrogens with one attached hydrogen (secondary N) is 1. The van der Waals surface area contributed by atoms with Gasteiger partial charge < -0.3 is 9.80 Å². The lowest BCUT2D eigenvalue weighted by molar-refractivity contribution is -0.136. The van der Waals surface area contributed by atoms with E-state index in [4.69, 9.17) is 0 Å². The van der Waals surface area contributed by atoms with Crippen molar-refractivity contribution >= 4 is 11.7 Å². The summed E-state index contributed by atoms with van der Waals surface area (Å²) in [4.78, 5) is 21.4. The Morgan fingerprint density at radius 3 is 2.74 bits per heavy atom. The van der Waals surface area contributed by atoms with Gasteiger partial charge in [0.05, 0.1) is 11.4 Å². The number of hydrogen-bond donors (Lipinski definition) is 1. The van der Waals surface area contributed by atoms with Gasteiger partial charge >= 0.3 is 0 Å². The number of aromatic nitrogens is 4. The zero-order valence-electron chi connectivity index (χ0n) is 13.0. The van der Waals surface area contributed by atoms with Crippen molar-refractivity contribution in [2.45, 2.75) is 19.3 Å². The number of amides is 1. The number of carbonyl (C=O) groups excluding carboxylic acids is 1. The number of rotatable bonds is 2. The van der Waals surface area contributed by atoms with Crippen LogP contribution >= 0.6 is 0 Å². The number of nitrogens with zero attached hydrogens (tertiary/aromatic N) is 5. The van der Waals surface area contributed by atoms with Gasteiger partial charge in [-0.05, 0) is 25.0 Å². The van der Waals surface area contributed by atoms with Crippen molar-refractivity contribution in [2.75, 3.05) is 31.1 Å². The van der Waals surface area contributed by atoms with Gasteiger partial charge in [0.1, 0.15) is 5.82 Å². The van der Waals surface area contributed by atoms with Crippen molar-refractivity contribution in [1.82, 2.24) is 25.3 Å². The third kappa shape index (κ3) is 2.78. The first-order chi connectivity index (χ1) is 11.3. The average molecular weight is 312 g/mol. The molecule has 1 aliphatic carbocycles. The Bertz CT molecular complexity index is 677. The molecule has 1 fully saturated rings. The van der Waals surface area contributed by atoms with E-state index >= 15 is 0 Å². The second kappa shape index (κ2) is 5.98. The summed E-state index contributed by atoms with van der Waals surface area (Å²) in [6.45, 7) is 3.20. The Kier molecular flexibility index (Phi) is 3.69. The molecule has 0 bridgehead atoms. The van der Waals surface area contributed by atoms with Crippen molar-refractivity contribution in [3.63, 3.8) is 0 Å². The Morgan fingerprint density at radius 2 is 1.96 bits per heavy atom. The molecular weight excluding hydrogens is 292 g/mol. The second-order valence-electron chi connectivity index (χ2n) is 6.16. The predicted octanol–water partition coefficient (Wildman–Crippen LogP) is 0.653. The molecule has 1 unspecified atom stereocenters. The maximum absolute atomic E-state index is 12.8.